The number of halogens is 1. The largest absolute Gasteiger partial charge is 0.415 e. The summed E-state index contributed by atoms with van der Waals surface area (Å²) in [5, 5.41) is 13.0. The molecule has 1 aromatic heterocycles. The number of aliphatic hydroxyl groups is 1. The molecule has 5 atom stereocenters. The molecule has 5 unspecified atom stereocenters. The molecule has 1 aliphatic heterocycles. The average molecular weight is 749 g/mol. The van der Waals surface area contributed by atoms with Crippen LogP contribution in [-0.2, 0) is 34.6 Å². The molecule has 6 nitrogen and oxygen atoms in total. The first-order valence-electron chi connectivity index (χ1n) is 16.9. The maximum atomic E-state index is 13.5. The van der Waals surface area contributed by atoms with Gasteiger partial charge in [0.15, 0.2) is 33.3 Å². The van der Waals surface area contributed by atoms with Gasteiger partial charge in [-0.25, -0.2) is 4.39 Å². The smallest absolute Gasteiger partial charge is 0.221 e. The monoisotopic (exact) mass is 748 g/mol. The Balaban J connectivity index is 1.81. The van der Waals surface area contributed by atoms with E-state index in [2.05, 4.69) is 110 Å². The molecule has 0 aliphatic carbocycles. The predicted molar refractivity (Wildman–Crippen MR) is 206 cm³/mol. The fraction of sp³-hybridized carbons (Fsp3) is 0.556. The lowest BCUT2D eigenvalue weighted by atomic mass is 9.86. The Kier molecular flexibility index (Phi) is 12.1. The summed E-state index contributed by atoms with van der Waals surface area (Å²) in [6.45, 7) is 28.2. The molecular weight excluding hydrogens is 692 g/mol. The van der Waals surface area contributed by atoms with Gasteiger partial charge in [0.05, 0.1) is 6.61 Å². The molecule has 0 radical (unpaired) electrons. The highest BCUT2D eigenvalue weighted by molar-refractivity contribution is 7.15. The Morgan fingerprint density at radius 2 is 1.33 bits per heavy atom. The predicted octanol–water partition coefficient (Wildman–Crippen LogP) is 9.51. The number of thiophene rings is 1. The van der Waals surface area contributed by atoms with E-state index >= 15 is 0 Å². The molecule has 266 valence electrons. The minimum atomic E-state index is -2.26. The van der Waals surface area contributed by atoms with Crippen LogP contribution in [0.4, 0.5) is 4.39 Å². The van der Waals surface area contributed by atoms with Gasteiger partial charge in [-0.05, 0) is 133 Å². The normalized spacial score (nSPS) is 24.2. The van der Waals surface area contributed by atoms with Crippen LogP contribution in [-0.4, -0.2) is 69.4 Å². The molecule has 0 saturated carbocycles. The van der Waals surface area contributed by atoms with Crippen LogP contribution in [0, 0.1) is 12.7 Å². The first-order valence-corrected chi connectivity index (χ1v) is 31.4. The lowest BCUT2D eigenvalue weighted by Crippen LogP contribution is -2.69. The van der Waals surface area contributed by atoms with Crippen molar-refractivity contribution in [1.82, 2.24) is 0 Å². The Bertz CT molecular complexity index is 1520. The molecule has 48 heavy (non-hydrogen) atoms. The first kappa shape index (κ1) is 39.5. The molecule has 4 rings (SSSR count). The summed E-state index contributed by atoms with van der Waals surface area (Å²) >= 11 is 1.69. The number of benzene rings is 2. The lowest BCUT2D eigenvalue weighted by molar-refractivity contribution is -0.348. The third-order valence-electron chi connectivity index (χ3n) is 7.76. The van der Waals surface area contributed by atoms with E-state index in [1.807, 2.05) is 18.2 Å². The second kappa shape index (κ2) is 14.7. The highest BCUT2D eigenvalue weighted by Gasteiger charge is 2.59. The van der Waals surface area contributed by atoms with E-state index in [4.69, 9.17) is 22.4 Å². The van der Waals surface area contributed by atoms with Gasteiger partial charge in [0.25, 0.3) is 0 Å². The van der Waals surface area contributed by atoms with Gasteiger partial charge in [-0.3, -0.25) is 0 Å². The fourth-order valence-electron chi connectivity index (χ4n) is 5.80. The van der Waals surface area contributed by atoms with E-state index in [1.54, 1.807) is 11.3 Å². The van der Waals surface area contributed by atoms with Crippen LogP contribution in [0.3, 0.4) is 0 Å². The van der Waals surface area contributed by atoms with Gasteiger partial charge in [0, 0.05) is 21.7 Å². The molecule has 0 bridgehead atoms. The molecule has 12 heteroatoms. The zero-order valence-corrected chi connectivity index (χ0v) is 36.0. The van der Waals surface area contributed by atoms with Crippen LogP contribution in [0.1, 0.15) is 21.6 Å². The van der Waals surface area contributed by atoms with Gasteiger partial charge < -0.3 is 27.5 Å². The summed E-state index contributed by atoms with van der Waals surface area (Å²) in [5.74, 6) is -2.05. The van der Waals surface area contributed by atoms with Crippen molar-refractivity contribution in [2.24, 2.45) is 0 Å². The molecule has 2 aromatic carbocycles. The van der Waals surface area contributed by atoms with Crippen molar-refractivity contribution in [3.05, 3.63) is 82.0 Å². The third kappa shape index (κ3) is 10.8. The topological polar surface area (TPSA) is 66.4 Å². The summed E-state index contributed by atoms with van der Waals surface area (Å²) < 4.78 is 47.7. The van der Waals surface area contributed by atoms with Crippen molar-refractivity contribution in [2.45, 2.75) is 122 Å². The van der Waals surface area contributed by atoms with Gasteiger partial charge in [-0.1, -0.05) is 24.3 Å². The van der Waals surface area contributed by atoms with Crippen LogP contribution >= 0.6 is 11.3 Å². The van der Waals surface area contributed by atoms with E-state index in [1.165, 1.54) is 17.0 Å². The number of aryl methyl sites for hydroxylation is 1. The Labute approximate surface area is 296 Å². The lowest BCUT2D eigenvalue weighted by Gasteiger charge is -2.54. The molecule has 3 aromatic rings. The van der Waals surface area contributed by atoms with Crippen LogP contribution in [0.2, 0.25) is 78.6 Å². The summed E-state index contributed by atoms with van der Waals surface area (Å²) in [4.78, 5) is 2.26. The summed E-state index contributed by atoms with van der Waals surface area (Å²) in [6, 6.07) is 16.9. The van der Waals surface area contributed by atoms with Crippen LogP contribution in [0.15, 0.2) is 54.6 Å². The number of hydrogen-bond acceptors (Lipinski definition) is 7. The Hall–Kier alpha value is -1.30. The maximum Gasteiger partial charge on any atom is 0.221 e. The molecule has 0 amide bonds. The molecule has 0 spiro atoms. The van der Waals surface area contributed by atoms with Crippen molar-refractivity contribution in [3.8, 4) is 10.4 Å². The van der Waals surface area contributed by atoms with Crippen molar-refractivity contribution < 1.29 is 31.9 Å². The standard InChI is InChI=1S/C36H57FO6SSi4/c1-25-14-17-28(22-27(25)23-30-20-21-32(44-30)26-15-18-29(37)19-16-26)36(38)35(43-48(11,12)13)34(42-47(8,9)10)33(41-46(5,6)7)31(40-36)24-39-45(2,3)4/h14-22,31,33-35,38H,23-24H2,1-13H3. The fourth-order valence-corrected chi connectivity index (χ4v) is 10.7. The van der Waals surface area contributed by atoms with Crippen molar-refractivity contribution in [2.75, 3.05) is 6.61 Å². The molecule has 2 heterocycles. The SMILES string of the molecule is Cc1ccc(C2(O)OC(CO[Si](C)(C)C)C(O[Si](C)(C)C)C(O[Si](C)(C)C)C2O[Si](C)(C)C)cc1Cc1ccc(-c2ccc(F)cc2)s1. The summed E-state index contributed by atoms with van der Waals surface area (Å²) in [6.07, 6.45) is -1.74. The average Bonchev–Trinajstić information content (AvgIpc) is 3.39. The van der Waals surface area contributed by atoms with E-state index in [-0.39, 0.29) is 5.82 Å². The quantitative estimate of drug-likeness (QED) is 0.176. The zero-order valence-electron chi connectivity index (χ0n) is 31.2. The number of rotatable bonds is 13. The highest BCUT2D eigenvalue weighted by Crippen LogP contribution is 2.44. The molecule has 1 N–H and O–H groups in total. The third-order valence-corrected chi connectivity index (χ3v) is 12.9. The Morgan fingerprint density at radius 1 is 0.750 bits per heavy atom. The highest BCUT2D eigenvalue weighted by atomic mass is 32.1. The van der Waals surface area contributed by atoms with Gasteiger partial charge >= 0.3 is 0 Å². The molecular formula is C36H57FO6SSi4. The van der Waals surface area contributed by atoms with Crippen LogP contribution in [0.5, 0.6) is 0 Å². The molecule has 1 fully saturated rings. The Morgan fingerprint density at radius 3 is 1.90 bits per heavy atom. The maximum absolute atomic E-state index is 13.5. The van der Waals surface area contributed by atoms with E-state index in [0.29, 0.717) is 18.6 Å². The van der Waals surface area contributed by atoms with Crippen molar-refractivity contribution in [1.29, 1.82) is 0 Å². The van der Waals surface area contributed by atoms with E-state index in [9.17, 15) is 9.50 Å². The van der Waals surface area contributed by atoms with E-state index in [0.717, 1.165) is 21.6 Å². The molecule has 1 aliphatic rings. The zero-order chi connectivity index (χ0) is 35.9. The number of hydrogen-bond donors (Lipinski definition) is 1. The van der Waals surface area contributed by atoms with Gasteiger partial charge in [0.2, 0.25) is 5.79 Å². The van der Waals surface area contributed by atoms with Crippen molar-refractivity contribution >= 4 is 44.6 Å². The molecule has 1 saturated heterocycles. The van der Waals surface area contributed by atoms with Gasteiger partial charge in [-0.15, -0.1) is 11.3 Å². The summed E-state index contributed by atoms with van der Waals surface area (Å²) in [7, 11) is -8.49. The first-order chi connectivity index (χ1) is 21.9. The van der Waals surface area contributed by atoms with Crippen molar-refractivity contribution in [3.63, 3.8) is 0 Å². The second-order valence-electron chi connectivity index (χ2n) is 16.9. The van der Waals surface area contributed by atoms with Gasteiger partial charge in [0.1, 0.15) is 30.2 Å². The van der Waals surface area contributed by atoms with Gasteiger partial charge in [-0.2, -0.15) is 0 Å². The number of ether oxygens (including phenoxy) is 1. The van der Waals surface area contributed by atoms with E-state index < -0.39 is 63.5 Å². The van der Waals surface area contributed by atoms with Crippen LogP contribution < -0.4 is 0 Å². The minimum absolute atomic E-state index is 0.243. The second-order valence-corrected chi connectivity index (χ2v) is 36.0. The minimum Gasteiger partial charge on any atom is -0.415 e. The van der Waals surface area contributed by atoms with Crippen LogP contribution in [0.25, 0.3) is 10.4 Å². The summed E-state index contributed by atoms with van der Waals surface area (Å²) in [5.41, 5.74) is 3.83.